The minimum absolute atomic E-state index is 0.0957. The number of carbonyl (C=O) groups excluding carboxylic acids is 1. The van der Waals surface area contributed by atoms with Crippen molar-refractivity contribution in [2.45, 2.75) is 0 Å². The largest absolute Gasteiger partial charge is 0.477 e. The van der Waals surface area contributed by atoms with E-state index in [0.29, 0.717) is 5.56 Å². The quantitative estimate of drug-likeness (QED) is 0.838. The van der Waals surface area contributed by atoms with Crippen molar-refractivity contribution in [2.75, 3.05) is 19.0 Å². The number of ether oxygens (including phenoxy) is 1. The molecule has 0 fully saturated rings. The highest BCUT2D eigenvalue weighted by Gasteiger charge is 2.25. The van der Waals surface area contributed by atoms with Gasteiger partial charge in [-0.25, -0.2) is 4.79 Å². The van der Waals surface area contributed by atoms with Gasteiger partial charge in [0.2, 0.25) is 5.88 Å². The van der Waals surface area contributed by atoms with Crippen LogP contribution in [0.1, 0.15) is 10.4 Å². The monoisotopic (exact) mass is 277 g/mol. The van der Waals surface area contributed by atoms with E-state index < -0.39 is 11.9 Å². The predicted molar refractivity (Wildman–Crippen MR) is 67.2 cm³/mol. The van der Waals surface area contributed by atoms with Gasteiger partial charge in [0.05, 0.1) is 0 Å². The van der Waals surface area contributed by atoms with E-state index in [2.05, 4.69) is 20.2 Å². The molecule has 0 spiro atoms. The van der Waals surface area contributed by atoms with Gasteiger partial charge in [-0.1, -0.05) is 5.16 Å². The maximum Gasteiger partial charge on any atom is 0.343 e. The van der Waals surface area contributed by atoms with Crippen LogP contribution in [0.5, 0.6) is 0 Å². The Hall–Kier alpha value is -2.74. The Kier molecular flexibility index (Phi) is 4.06. The van der Waals surface area contributed by atoms with E-state index in [1.807, 2.05) is 0 Å². The molecule has 0 unspecified atom stereocenters. The molecule has 2 rings (SSSR count). The average Bonchev–Trinajstić information content (AvgIpc) is 2.83. The van der Waals surface area contributed by atoms with Gasteiger partial charge in [0.25, 0.3) is 5.91 Å². The Bertz CT molecular complexity index is 623. The standard InChI is InChI=1S/C12H11N3O5/c1-19-6-8(16)14-11-9(12(17)18)10(15-20-11)7-3-2-4-13-5-7/h2-5H,6H2,1H3,(H,14,16)(H,17,18). The fourth-order valence-electron chi connectivity index (χ4n) is 1.57. The molecular formula is C12H11N3O5. The lowest BCUT2D eigenvalue weighted by molar-refractivity contribution is -0.119. The van der Waals surface area contributed by atoms with Crippen molar-refractivity contribution in [1.29, 1.82) is 0 Å². The molecule has 0 aliphatic rings. The Morgan fingerprint density at radius 3 is 2.90 bits per heavy atom. The van der Waals surface area contributed by atoms with Crippen molar-refractivity contribution in [3.8, 4) is 11.3 Å². The zero-order valence-electron chi connectivity index (χ0n) is 10.5. The predicted octanol–water partition coefficient (Wildman–Crippen LogP) is 1.02. The molecule has 2 N–H and O–H groups in total. The van der Waals surface area contributed by atoms with E-state index in [1.54, 1.807) is 18.3 Å². The van der Waals surface area contributed by atoms with Crippen LogP contribution < -0.4 is 5.32 Å². The first-order chi connectivity index (χ1) is 9.63. The molecule has 2 aromatic rings. The Morgan fingerprint density at radius 2 is 2.30 bits per heavy atom. The summed E-state index contributed by atoms with van der Waals surface area (Å²) < 4.78 is 9.52. The molecule has 0 aliphatic carbocycles. The number of hydrogen-bond acceptors (Lipinski definition) is 6. The summed E-state index contributed by atoms with van der Waals surface area (Å²) in [6.07, 6.45) is 3.00. The third kappa shape index (κ3) is 2.81. The molecule has 8 nitrogen and oxygen atoms in total. The number of methoxy groups -OCH3 is 1. The van der Waals surface area contributed by atoms with Gasteiger partial charge >= 0.3 is 5.97 Å². The van der Waals surface area contributed by atoms with Crippen molar-refractivity contribution in [3.63, 3.8) is 0 Å². The summed E-state index contributed by atoms with van der Waals surface area (Å²) in [4.78, 5) is 26.6. The average molecular weight is 277 g/mol. The molecule has 0 saturated heterocycles. The highest BCUT2D eigenvalue weighted by atomic mass is 16.5. The zero-order chi connectivity index (χ0) is 14.5. The van der Waals surface area contributed by atoms with Gasteiger partial charge in [-0.05, 0) is 12.1 Å². The van der Waals surface area contributed by atoms with Crippen LogP contribution in [0, 0.1) is 0 Å². The molecule has 1 amide bonds. The van der Waals surface area contributed by atoms with Gasteiger partial charge in [0.15, 0.2) is 5.56 Å². The number of anilines is 1. The Balaban J connectivity index is 2.38. The van der Waals surface area contributed by atoms with Crippen LogP contribution in [0.15, 0.2) is 29.0 Å². The second kappa shape index (κ2) is 5.93. The molecule has 0 saturated carbocycles. The third-order valence-electron chi connectivity index (χ3n) is 2.37. The highest BCUT2D eigenvalue weighted by Crippen LogP contribution is 2.28. The number of aromatic nitrogens is 2. The number of amides is 1. The maximum atomic E-state index is 11.4. The molecule has 2 heterocycles. The molecule has 8 heteroatoms. The lowest BCUT2D eigenvalue weighted by atomic mass is 10.1. The molecule has 104 valence electrons. The van der Waals surface area contributed by atoms with Gasteiger partial charge < -0.3 is 14.4 Å². The molecule has 0 bridgehead atoms. The number of carboxylic acids is 1. The Labute approximate surface area is 113 Å². The molecule has 0 radical (unpaired) electrons. The first kappa shape index (κ1) is 13.7. The second-order valence-electron chi connectivity index (χ2n) is 3.76. The zero-order valence-corrected chi connectivity index (χ0v) is 10.5. The Morgan fingerprint density at radius 1 is 1.50 bits per heavy atom. The van der Waals surface area contributed by atoms with Crippen LogP contribution in [0.2, 0.25) is 0 Å². The van der Waals surface area contributed by atoms with E-state index in [0.717, 1.165) is 0 Å². The molecule has 0 atom stereocenters. The minimum atomic E-state index is -1.27. The van der Waals surface area contributed by atoms with Crippen LogP contribution in [0.25, 0.3) is 11.3 Å². The van der Waals surface area contributed by atoms with Gasteiger partial charge in [-0.2, -0.15) is 0 Å². The van der Waals surface area contributed by atoms with E-state index in [-0.39, 0.29) is 23.7 Å². The summed E-state index contributed by atoms with van der Waals surface area (Å²) in [6.45, 7) is -0.220. The fraction of sp³-hybridized carbons (Fsp3) is 0.167. The molecule has 20 heavy (non-hydrogen) atoms. The van der Waals surface area contributed by atoms with E-state index in [4.69, 9.17) is 4.52 Å². The normalized spacial score (nSPS) is 10.2. The van der Waals surface area contributed by atoms with Gasteiger partial charge in [-0.15, -0.1) is 0 Å². The van der Waals surface area contributed by atoms with Crippen LogP contribution in [0.4, 0.5) is 5.88 Å². The number of rotatable bonds is 5. The van der Waals surface area contributed by atoms with Gasteiger partial charge in [0, 0.05) is 25.1 Å². The summed E-state index contributed by atoms with van der Waals surface area (Å²) in [6, 6.07) is 3.27. The summed E-state index contributed by atoms with van der Waals surface area (Å²) in [7, 11) is 1.35. The smallest absolute Gasteiger partial charge is 0.343 e. The summed E-state index contributed by atoms with van der Waals surface area (Å²) in [5.74, 6) is -2.04. The van der Waals surface area contributed by atoms with E-state index in [9.17, 15) is 14.7 Å². The van der Waals surface area contributed by atoms with Crippen molar-refractivity contribution in [1.82, 2.24) is 10.1 Å². The maximum absolute atomic E-state index is 11.4. The molecule has 0 aliphatic heterocycles. The molecular weight excluding hydrogens is 266 g/mol. The lowest BCUT2D eigenvalue weighted by Gasteiger charge is -2.01. The number of nitrogens with zero attached hydrogens (tertiary/aromatic N) is 2. The fourth-order valence-corrected chi connectivity index (χ4v) is 1.57. The minimum Gasteiger partial charge on any atom is -0.477 e. The van der Waals surface area contributed by atoms with Crippen LogP contribution in [0.3, 0.4) is 0 Å². The molecule has 0 aromatic carbocycles. The van der Waals surface area contributed by atoms with Gasteiger partial charge in [-0.3, -0.25) is 15.1 Å². The second-order valence-corrected chi connectivity index (χ2v) is 3.76. The summed E-state index contributed by atoms with van der Waals surface area (Å²) in [5, 5.41) is 15.2. The van der Waals surface area contributed by atoms with E-state index in [1.165, 1.54) is 13.3 Å². The van der Waals surface area contributed by atoms with Crippen LogP contribution in [-0.4, -0.2) is 40.8 Å². The number of nitrogens with one attached hydrogen (secondary N) is 1. The van der Waals surface area contributed by atoms with Crippen LogP contribution >= 0.6 is 0 Å². The van der Waals surface area contributed by atoms with Crippen LogP contribution in [-0.2, 0) is 9.53 Å². The number of carboxylic acid groups (broad SMARTS) is 1. The number of hydrogen-bond donors (Lipinski definition) is 2. The number of carbonyl (C=O) groups is 2. The van der Waals surface area contributed by atoms with Crippen molar-refractivity contribution >= 4 is 17.8 Å². The van der Waals surface area contributed by atoms with Crippen molar-refractivity contribution in [3.05, 3.63) is 30.1 Å². The lowest BCUT2D eigenvalue weighted by Crippen LogP contribution is -2.18. The van der Waals surface area contributed by atoms with Crippen molar-refractivity contribution < 1.29 is 24.0 Å². The first-order valence-corrected chi connectivity index (χ1v) is 5.55. The van der Waals surface area contributed by atoms with E-state index >= 15 is 0 Å². The van der Waals surface area contributed by atoms with Gasteiger partial charge in [0.1, 0.15) is 12.3 Å². The SMILES string of the molecule is COCC(=O)Nc1onc(-c2cccnc2)c1C(=O)O. The van der Waals surface area contributed by atoms with Crippen molar-refractivity contribution in [2.24, 2.45) is 0 Å². The number of aromatic carboxylic acids is 1. The highest BCUT2D eigenvalue weighted by molar-refractivity contribution is 6.03. The summed E-state index contributed by atoms with van der Waals surface area (Å²) in [5.41, 5.74) is 0.335. The summed E-state index contributed by atoms with van der Waals surface area (Å²) >= 11 is 0. The third-order valence-corrected chi connectivity index (χ3v) is 2.37. The first-order valence-electron chi connectivity index (χ1n) is 5.55. The number of pyridine rings is 1. The topological polar surface area (TPSA) is 115 Å². The molecule has 2 aromatic heterocycles.